The summed E-state index contributed by atoms with van der Waals surface area (Å²) in [5.74, 6) is -2.47. The fourth-order valence-electron chi connectivity index (χ4n) is 1.93. The Hall–Kier alpha value is -2.82. The maximum atomic E-state index is 11.1. The fourth-order valence-corrected chi connectivity index (χ4v) is 1.93. The number of nitrogens with one attached hydrogen (secondary N) is 1. The summed E-state index contributed by atoms with van der Waals surface area (Å²) in [4.78, 5) is 22.0. The van der Waals surface area contributed by atoms with E-state index in [4.69, 9.17) is 10.2 Å². The molecule has 2 aromatic rings. The van der Waals surface area contributed by atoms with Gasteiger partial charge in [0.1, 0.15) is 0 Å². The highest BCUT2D eigenvalue weighted by Gasteiger charge is 2.13. The van der Waals surface area contributed by atoms with Gasteiger partial charge in [-0.15, -0.1) is 0 Å². The van der Waals surface area contributed by atoms with Crippen LogP contribution in [0.2, 0.25) is 0 Å². The SMILES string of the molecule is CC(C(=O)O)c1ccc(Nc2ccccc2C(=O)O)cc1. The molecule has 0 fully saturated rings. The van der Waals surface area contributed by atoms with E-state index in [1.807, 2.05) is 0 Å². The molecule has 2 aromatic carbocycles. The Balaban J connectivity index is 2.22. The number of carboxylic acid groups (broad SMARTS) is 2. The van der Waals surface area contributed by atoms with Gasteiger partial charge in [0.05, 0.1) is 17.2 Å². The molecular weight excluding hydrogens is 270 g/mol. The van der Waals surface area contributed by atoms with Crippen LogP contribution in [0.3, 0.4) is 0 Å². The number of aromatic carboxylic acids is 1. The Morgan fingerprint density at radius 2 is 1.62 bits per heavy atom. The lowest BCUT2D eigenvalue weighted by Crippen LogP contribution is -2.07. The number of hydrogen-bond donors (Lipinski definition) is 3. The van der Waals surface area contributed by atoms with Crippen molar-refractivity contribution in [2.75, 3.05) is 5.32 Å². The van der Waals surface area contributed by atoms with Crippen molar-refractivity contribution >= 4 is 23.3 Å². The molecule has 0 aliphatic rings. The van der Waals surface area contributed by atoms with Crippen LogP contribution < -0.4 is 5.32 Å². The van der Waals surface area contributed by atoms with Crippen molar-refractivity contribution in [1.82, 2.24) is 0 Å². The summed E-state index contributed by atoms with van der Waals surface area (Å²) in [6.07, 6.45) is 0. The zero-order chi connectivity index (χ0) is 15.4. The van der Waals surface area contributed by atoms with Crippen molar-refractivity contribution < 1.29 is 19.8 Å². The highest BCUT2D eigenvalue weighted by Crippen LogP contribution is 2.23. The fraction of sp³-hybridized carbons (Fsp3) is 0.125. The van der Waals surface area contributed by atoms with E-state index in [2.05, 4.69) is 5.32 Å². The highest BCUT2D eigenvalue weighted by atomic mass is 16.4. The number of carbonyl (C=O) groups is 2. The lowest BCUT2D eigenvalue weighted by atomic mass is 10.0. The smallest absolute Gasteiger partial charge is 0.337 e. The normalized spacial score (nSPS) is 11.7. The maximum Gasteiger partial charge on any atom is 0.337 e. The molecule has 0 heterocycles. The zero-order valence-corrected chi connectivity index (χ0v) is 11.4. The van der Waals surface area contributed by atoms with Crippen LogP contribution in [-0.2, 0) is 4.79 Å². The first-order valence-corrected chi connectivity index (χ1v) is 6.41. The zero-order valence-electron chi connectivity index (χ0n) is 11.4. The number of hydrogen-bond acceptors (Lipinski definition) is 3. The standard InChI is InChI=1S/C16H15NO4/c1-10(15(18)19)11-6-8-12(9-7-11)17-14-5-3-2-4-13(14)16(20)21/h2-10,17H,1H3,(H,18,19)(H,20,21). The summed E-state index contributed by atoms with van der Waals surface area (Å²) >= 11 is 0. The van der Waals surface area contributed by atoms with E-state index in [-0.39, 0.29) is 5.56 Å². The van der Waals surface area contributed by atoms with Gasteiger partial charge in [-0.25, -0.2) is 4.79 Å². The highest BCUT2D eigenvalue weighted by molar-refractivity contribution is 5.95. The van der Waals surface area contributed by atoms with Crippen LogP contribution in [0, 0.1) is 0 Å². The first-order valence-electron chi connectivity index (χ1n) is 6.41. The van der Waals surface area contributed by atoms with Gasteiger partial charge in [-0.05, 0) is 36.8 Å². The van der Waals surface area contributed by atoms with E-state index < -0.39 is 17.9 Å². The molecule has 5 heteroatoms. The molecule has 0 amide bonds. The Morgan fingerprint density at radius 3 is 2.19 bits per heavy atom. The van der Waals surface area contributed by atoms with Gasteiger partial charge in [0.2, 0.25) is 0 Å². The molecule has 5 nitrogen and oxygen atoms in total. The van der Waals surface area contributed by atoms with E-state index in [1.165, 1.54) is 6.07 Å². The topological polar surface area (TPSA) is 86.6 Å². The van der Waals surface area contributed by atoms with Gasteiger partial charge in [0.15, 0.2) is 0 Å². The van der Waals surface area contributed by atoms with Crippen LogP contribution >= 0.6 is 0 Å². The molecule has 108 valence electrons. The van der Waals surface area contributed by atoms with Crippen molar-refractivity contribution in [3.63, 3.8) is 0 Å². The van der Waals surface area contributed by atoms with E-state index >= 15 is 0 Å². The predicted molar refractivity (Wildman–Crippen MR) is 79.2 cm³/mol. The van der Waals surface area contributed by atoms with E-state index in [9.17, 15) is 9.59 Å². The van der Waals surface area contributed by atoms with E-state index in [1.54, 1.807) is 49.4 Å². The molecule has 21 heavy (non-hydrogen) atoms. The van der Waals surface area contributed by atoms with Gasteiger partial charge < -0.3 is 15.5 Å². The summed E-state index contributed by atoms with van der Waals surface area (Å²) in [7, 11) is 0. The van der Waals surface area contributed by atoms with Crippen LogP contribution in [0.4, 0.5) is 11.4 Å². The summed E-state index contributed by atoms with van der Waals surface area (Å²) in [5.41, 5.74) is 2.06. The number of anilines is 2. The molecule has 0 saturated carbocycles. The van der Waals surface area contributed by atoms with Crippen LogP contribution in [0.15, 0.2) is 48.5 Å². The molecule has 0 spiro atoms. The second kappa shape index (κ2) is 6.09. The van der Waals surface area contributed by atoms with E-state index in [0.29, 0.717) is 16.9 Å². The number of carboxylic acids is 2. The molecule has 1 unspecified atom stereocenters. The number of rotatable bonds is 5. The van der Waals surface area contributed by atoms with Gasteiger partial charge >= 0.3 is 11.9 Å². The van der Waals surface area contributed by atoms with Gasteiger partial charge in [-0.2, -0.15) is 0 Å². The Kier molecular flexibility index (Phi) is 4.23. The summed E-state index contributed by atoms with van der Waals surface area (Å²) < 4.78 is 0. The number of benzene rings is 2. The third-order valence-corrected chi connectivity index (χ3v) is 3.22. The Bertz CT molecular complexity index is 664. The molecule has 0 saturated heterocycles. The van der Waals surface area contributed by atoms with Gasteiger partial charge in [0, 0.05) is 5.69 Å². The van der Waals surface area contributed by atoms with E-state index in [0.717, 1.165) is 0 Å². The molecule has 0 aliphatic carbocycles. The monoisotopic (exact) mass is 285 g/mol. The van der Waals surface area contributed by atoms with Gasteiger partial charge in [0.25, 0.3) is 0 Å². The first kappa shape index (κ1) is 14.6. The molecule has 0 aliphatic heterocycles. The minimum Gasteiger partial charge on any atom is -0.481 e. The average Bonchev–Trinajstić information content (AvgIpc) is 2.47. The number of aliphatic carboxylic acids is 1. The lowest BCUT2D eigenvalue weighted by Gasteiger charge is -2.11. The summed E-state index contributed by atoms with van der Waals surface area (Å²) in [6.45, 7) is 1.62. The average molecular weight is 285 g/mol. The second-order valence-electron chi connectivity index (χ2n) is 4.66. The van der Waals surface area contributed by atoms with Crippen LogP contribution in [0.5, 0.6) is 0 Å². The molecule has 2 rings (SSSR count). The third kappa shape index (κ3) is 3.39. The lowest BCUT2D eigenvalue weighted by molar-refractivity contribution is -0.138. The molecule has 0 bridgehead atoms. The molecule has 0 aromatic heterocycles. The van der Waals surface area contributed by atoms with Crippen LogP contribution in [0.25, 0.3) is 0 Å². The molecular formula is C16H15NO4. The largest absolute Gasteiger partial charge is 0.481 e. The van der Waals surface area contributed by atoms with Crippen molar-refractivity contribution in [3.8, 4) is 0 Å². The van der Waals surface area contributed by atoms with Gasteiger partial charge in [-0.1, -0.05) is 24.3 Å². The summed E-state index contributed by atoms with van der Waals surface area (Å²) in [6, 6.07) is 13.5. The van der Waals surface area contributed by atoms with Gasteiger partial charge in [-0.3, -0.25) is 4.79 Å². The predicted octanol–water partition coefficient (Wildman–Crippen LogP) is 3.32. The van der Waals surface area contributed by atoms with Crippen LogP contribution in [-0.4, -0.2) is 22.2 Å². The molecule has 1 atom stereocenters. The minimum atomic E-state index is -1.01. The van der Waals surface area contributed by atoms with Crippen molar-refractivity contribution in [2.45, 2.75) is 12.8 Å². The maximum absolute atomic E-state index is 11.1. The Labute approximate surface area is 121 Å². The number of para-hydroxylation sites is 1. The molecule has 3 N–H and O–H groups in total. The first-order chi connectivity index (χ1) is 9.99. The van der Waals surface area contributed by atoms with Crippen molar-refractivity contribution in [1.29, 1.82) is 0 Å². The van der Waals surface area contributed by atoms with Crippen molar-refractivity contribution in [3.05, 3.63) is 59.7 Å². The van der Waals surface area contributed by atoms with Crippen LogP contribution in [0.1, 0.15) is 28.8 Å². The second-order valence-corrected chi connectivity index (χ2v) is 4.66. The quantitative estimate of drug-likeness (QED) is 0.784. The summed E-state index contributed by atoms with van der Waals surface area (Å²) in [5, 5.41) is 21.1. The van der Waals surface area contributed by atoms with Crippen molar-refractivity contribution in [2.24, 2.45) is 0 Å². The Morgan fingerprint density at radius 1 is 1.00 bits per heavy atom. The minimum absolute atomic E-state index is 0.181. The third-order valence-electron chi connectivity index (χ3n) is 3.22. The molecule has 0 radical (unpaired) electrons.